The summed E-state index contributed by atoms with van der Waals surface area (Å²) in [5.41, 5.74) is 2.09. The molecule has 104 valence electrons. The summed E-state index contributed by atoms with van der Waals surface area (Å²) in [5.74, 6) is 2.65. The van der Waals surface area contributed by atoms with Gasteiger partial charge in [-0.15, -0.1) is 0 Å². The average Bonchev–Trinajstić information content (AvgIpc) is 2.99. The second kappa shape index (κ2) is 5.05. The Morgan fingerprint density at radius 3 is 2.67 bits per heavy atom. The van der Waals surface area contributed by atoms with E-state index in [4.69, 9.17) is 4.42 Å². The number of hydrogen-bond acceptors (Lipinski definition) is 4. The summed E-state index contributed by atoms with van der Waals surface area (Å²) in [7, 11) is 0. The Hall–Kier alpha value is -2.62. The number of anilines is 1. The molecule has 1 aromatic carbocycles. The van der Waals surface area contributed by atoms with Gasteiger partial charge in [-0.1, -0.05) is 24.3 Å². The van der Waals surface area contributed by atoms with Crippen LogP contribution in [0.2, 0.25) is 0 Å². The Kier molecular flexibility index (Phi) is 2.92. The average molecular weight is 277 g/mol. The van der Waals surface area contributed by atoms with Gasteiger partial charge in [0.1, 0.15) is 11.6 Å². The number of hydrogen-bond donors (Lipinski definition) is 0. The quantitative estimate of drug-likeness (QED) is 0.720. The molecule has 4 nitrogen and oxygen atoms in total. The summed E-state index contributed by atoms with van der Waals surface area (Å²) >= 11 is 0. The molecule has 0 amide bonds. The topological polar surface area (TPSA) is 42.2 Å². The lowest BCUT2D eigenvalue weighted by Gasteiger charge is -2.25. The van der Waals surface area contributed by atoms with Crippen molar-refractivity contribution >= 4 is 5.82 Å². The Morgan fingerprint density at radius 1 is 1.00 bits per heavy atom. The van der Waals surface area contributed by atoms with Crippen molar-refractivity contribution in [2.75, 3.05) is 11.4 Å². The van der Waals surface area contributed by atoms with Crippen LogP contribution in [0.3, 0.4) is 0 Å². The third kappa shape index (κ3) is 2.29. The van der Waals surface area contributed by atoms with Gasteiger partial charge in [-0.25, -0.2) is 9.97 Å². The highest BCUT2D eigenvalue weighted by molar-refractivity contribution is 5.54. The van der Waals surface area contributed by atoms with Gasteiger partial charge in [0.25, 0.3) is 0 Å². The number of pyridine rings is 1. The minimum atomic E-state index is 0.712. The zero-order valence-corrected chi connectivity index (χ0v) is 11.6. The first-order valence-corrected chi connectivity index (χ1v) is 7.10. The van der Waals surface area contributed by atoms with E-state index in [-0.39, 0.29) is 0 Å². The minimum absolute atomic E-state index is 0.712. The molecular formula is C17H15N3O. The van der Waals surface area contributed by atoms with E-state index < -0.39 is 0 Å². The Morgan fingerprint density at radius 2 is 1.86 bits per heavy atom. The lowest BCUT2D eigenvalue weighted by molar-refractivity contribution is 0.494. The zero-order valence-electron chi connectivity index (χ0n) is 11.6. The van der Waals surface area contributed by atoms with Crippen LogP contribution in [0.15, 0.2) is 59.1 Å². The standard InChI is InChI=1S/C17H15N3O/c1-2-6-13(7-3-1)17-19-14-9-11-20(12-15(14)21-17)16-8-4-5-10-18-16/h1-8,10H,9,11-12H2. The van der Waals surface area contributed by atoms with Crippen LogP contribution in [0, 0.1) is 0 Å². The molecular weight excluding hydrogens is 262 g/mol. The van der Waals surface area contributed by atoms with Gasteiger partial charge in [0.15, 0.2) is 0 Å². The molecule has 0 unspecified atom stereocenters. The highest BCUT2D eigenvalue weighted by atomic mass is 16.4. The fourth-order valence-corrected chi connectivity index (χ4v) is 2.64. The van der Waals surface area contributed by atoms with Gasteiger partial charge in [-0.05, 0) is 24.3 Å². The molecule has 3 heterocycles. The predicted octanol–water partition coefficient (Wildman–Crippen LogP) is 3.30. The molecule has 0 N–H and O–H groups in total. The highest BCUT2D eigenvalue weighted by Gasteiger charge is 2.23. The molecule has 4 rings (SSSR count). The van der Waals surface area contributed by atoms with Gasteiger partial charge in [-0.2, -0.15) is 0 Å². The Balaban J connectivity index is 1.63. The lowest BCUT2D eigenvalue weighted by atomic mass is 10.1. The van der Waals surface area contributed by atoms with Gasteiger partial charge in [-0.3, -0.25) is 0 Å². The second-order valence-electron chi connectivity index (χ2n) is 5.11. The molecule has 1 aliphatic heterocycles. The van der Waals surface area contributed by atoms with E-state index in [2.05, 4.69) is 14.9 Å². The molecule has 4 heteroatoms. The van der Waals surface area contributed by atoms with Crippen molar-refractivity contribution in [2.45, 2.75) is 13.0 Å². The van der Waals surface area contributed by atoms with Crippen LogP contribution in [0.4, 0.5) is 5.82 Å². The highest BCUT2D eigenvalue weighted by Crippen LogP contribution is 2.27. The van der Waals surface area contributed by atoms with Gasteiger partial charge in [0, 0.05) is 24.7 Å². The molecule has 0 spiro atoms. The van der Waals surface area contributed by atoms with E-state index in [1.807, 2.05) is 54.7 Å². The molecule has 0 aliphatic carbocycles. The first-order valence-electron chi connectivity index (χ1n) is 7.10. The van der Waals surface area contributed by atoms with Gasteiger partial charge in [0.05, 0.1) is 12.2 Å². The summed E-state index contributed by atoms with van der Waals surface area (Å²) in [6.07, 6.45) is 2.71. The normalized spacial score (nSPS) is 14.0. The molecule has 0 atom stereocenters. The van der Waals surface area contributed by atoms with Crippen molar-refractivity contribution in [1.82, 2.24) is 9.97 Å². The fraction of sp³-hybridized carbons (Fsp3) is 0.176. The first-order chi connectivity index (χ1) is 10.4. The number of aromatic nitrogens is 2. The smallest absolute Gasteiger partial charge is 0.226 e. The molecule has 0 radical (unpaired) electrons. The predicted molar refractivity (Wildman–Crippen MR) is 80.9 cm³/mol. The van der Waals surface area contributed by atoms with Crippen molar-refractivity contribution in [2.24, 2.45) is 0 Å². The van der Waals surface area contributed by atoms with E-state index in [9.17, 15) is 0 Å². The van der Waals surface area contributed by atoms with Crippen molar-refractivity contribution in [1.29, 1.82) is 0 Å². The minimum Gasteiger partial charge on any atom is -0.439 e. The summed E-state index contributed by atoms with van der Waals surface area (Å²) in [5, 5.41) is 0. The van der Waals surface area contributed by atoms with Crippen molar-refractivity contribution < 1.29 is 4.42 Å². The van der Waals surface area contributed by atoms with Gasteiger partial charge >= 0.3 is 0 Å². The van der Waals surface area contributed by atoms with Crippen LogP contribution in [0.1, 0.15) is 11.5 Å². The van der Waals surface area contributed by atoms with Crippen molar-refractivity contribution in [3.63, 3.8) is 0 Å². The summed E-state index contributed by atoms with van der Waals surface area (Å²) in [6.45, 7) is 1.65. The molecule has 0 saturated carbocycles. The molecule has 0 bridgehead atoms. The number of nitrogens with zero attached hydrogens (tertiary/aromatic N) is 3. The molecule has 3 aromatic rings. The Labute approximate surface area is 123 Å². The monoisotopic (exact) mass is 277 g/mol. The zero-order chi connectivity index (χ0) is 14.1. The first kappa shape index (κ1) is 12.1. The van der Waals surface area contributed by atoms with E-state index in [0.717, 1.165) is 42.3 Å². The lowest BCUT2D eigenvalue weighted by Crippen LogP contribution is -2.30. The van der Waals surface area contributed by atoms with E-state index in [0.29, 0.717) is 5.89 Å². The van der Waals surface area contributed by atoms with Gasteiger partial charge < -0.3 is 9.32 Å². The summed E-state index contributed by atoms with van der Waals surface area (Å²) in [6, 6.07) is 16.0. The van der Waals surface area contributed by atoms with Crippen LogP contribution in [0.5, 0.6) is 0 Å². The largest absolute Gasteiger partial charge is 0.439 e. The molecule has 2 aromatic heterocycles. The van der Waals surface area contributed by atoms with Crippen LogP contribution in [0.25, 0.3) is 11.5 Å². The fourth-order valence-electron chi connectivity index (χ4n) is 2.64. The molecule has 0 fully saturated rings. The van der Waals surface area contributed by atoms with Crippen LogP contribution >= 0.6 is 0 Å². The maximum Gasteiger partial charge on any atom is 0.226 e. The summed E-state index contributed by atoms with van der Waals surface area (Å²) in [4.78, 5) is 11.3. The summed E-state index contributed by atoms with van der Waals surface area (Å²) < 4.78 is 5.96. The van der Waals surface area contributed by atoms with Crippen LogP contribution < -0.4 is 4.90 Å². The SMILES string of the molecule is c1ccc(-c2nc3c(o2)CN(c2ccccn2)CC3)cc1. The number of fused-ring (bicyclic) bond motifs is 1. The molecule has 21 heavy (non-hydrogen) atoms. The molecule has 0 saturated heterocycles. The van der Waals surface area contributed by atoms with Crippen molar-refractivity contribution in [3.8, 4) is 11.5 Å². The second-order valence-corrected chi connectivity index (χ2v) is 5.11. The Bertz CT molecular complexity index is 737. The maximum atomic E-state index is 5.96. The van der Waals surface area contributed by atoms with E-state index >= 15 is 0 Å². The van der Waals surface area contributed by atoms with Crippen molar-refractivity contribution in [3.05, 3.63) is 66.2 Å². The van der Waals surface area contributed by atoms with E-state index in [1.165, 1.54) is 0 Å². The maximum absolute atomic E-state index is 5.96. The molecule has 1 aliphatic rings. The van der Waals surface area contributed by atoms with Crippen LogP contribution in [-0.4, -0.2) is 16.5 Å². The third-order valence-electron chi connectivity index (χ3n) is 3.73. The number of rotatable bonds is 2. The third-order valence-corrected chi connectivity index (χ3v) is 3.73. The van der Waals surface area contributed by atoms with Gasteiger partial charge in [0.2, 0.25) is 5.89 Å². The van der Waals surface area contributed by atoms with Crippen LogP contribution in [-0.2, 0) is 13.0 Å². The van der Waals surface area contributed by atoms with E-state index in [1.54, 1.807) is 0 Å². The number of oxazole rings is 1. The number of benzene rings is 1.